The van der Waals surface area contributed by atoms with Gasteiger partial charge in [-0.25, -0.2) is 0 Å². The van der Waals surface area contributed by atoms with Gasteiger partial charge in [-0.05, 0) is 85.0 Å². The van der Waals surface area contributed by atoms with Crippen LogP contribution in [-0.2, 0) is 14.4 Å². The summed E-state index contributed by atoms with van der Waals surface area (Å²) in [6.45, 7) is 9.13. The SMILES string of the molecule is C[C@H](NC(=O)C[C@@H](C)[C@H]1CC[C@H]2[C@@H]3C(=O)C[C@@H]4CC(=O)CC[C@]4(C)[C@H]3CC[C@]12C)c1ccccc1. The van der Waals surface area contributed by atoms with E-state index >= 15 is 0 Å². The molecule has 4 heteroatoms. The minimum atomic E-state index is 0.00850. The molecule has 4 fully saturated rings. The van der Waals surface area contributed by atoms with E-state index in [1.165, 1.54) is 0 Å². The van der Waals surface area contributed by atoms with Crippen LogP contribution in [-0.4, -0.2) is 17.5 Å². The topological polar surface area (TPSA) is 63.2 Å². The third kappa shape index (κ3) is 4.19. The molecule has 9 atom stereocenters. The van der Waals surface area contributed by atoms with Crippen molar-refractivity contribution in [2.24, 2.45) is 46.3 Å². The molecule has 1 N–H and O–H groups in total. The fourth-order valence-corrected chi connectivity index (χ4v) is 9.26. The Morgan fingerprint density at radius 2 is 1.69 bits per heavy atom. The Bertz CT molecular complexity index is 988. The fourth-order valence-electron chi connectivity index (χ4n) is 9.26. The third-order valence-corrected chi connectivity index (χ3v) is 11.2. The van der Waals surface area contributed by atoms with Gasteiger partial charge in [0.05, 0.1) is 6.04 Å². The molecule has 0 radical (unpaired) electrons. The summed E-state index contributed by atoms with van der Waals surface area (Å²) < 4.78 is 0. The van der Waals surface area contributed by atoms with Crippen LogP contribution >= 0.6 is 0 Å². The fraction of sp³-hybridized carbons (Fsp3) is 0.710. The molecular weight excluding hydrogens is 434 g/mol. The highest BCUT2D eigenvalue weighted by atomic mass is 16.1. The van der Waals surface area contributed by atoms with Crippen molar-refractivity contribution in [3.05, 3.63) is 35.9 Å². The average Bonchev–Trinajstić information content (AvgIpc) is 3.18. The van der Waals surface area contributed by atoms with E-state index in [9.17, 15) is 14.4 Å². The van der Waals surface area contributed by atoms with Crippen LogP contribution < -0.4 is 5.32 Å². The van der Waals surface area contributed by atoms with Gasteiger partial charge in [0.15, 0.2) is 0 Å². The van der Waals surface area contributed by atoms with Crippen molar-refractivity contribution in [3.8, 4) is 0 Å². The van der Waals surface area contributed by atoms with Crippen LogP contribution in [0.2, 0.25) is 0 Å². The summed E-state index contributed by atoms with van der Waals surface area (Å²) in [5, 5.41) is 3.21. The number of benzene rings is 1. The molecule has 0 aliphatic heterocycles. The minimum Gasteiger partial charge on any atom is -0.350 e. The average molecular weight is 478 g/mol. The molecule has 0 bridgehead atoms. The molecule has 0 saturated heterocycles. The zero-order valence-electron chi connectivity index (χ0n) is 22.0. The van der Waals surface area contributed by atoms with Crippen molar-refractivity contribution < 1.29 is 14.4 Å². The first-order valence-corrected chi connectivity index (χ1v) is 14.0. The van der Waals surface area contributed by atoms with E-state index in [1.807, 2.05) is 25.1 Å². The molecule has 5 rings (SSSR count). The van der Waals surface area contributed by atoms with Gasteiger partial charge in [0.25, 0.3) is 0 Å². The minimum absolute atomic E-state index is 0.00850. The van der Waals surface area contributed by atoms with E-state index in [4.69, 9.17) is 0 Å². The number of fused-ring (bicyclic) bond motifs is 5. The molecule has 0 heterocycles. The van der Waals surface area contributed by atoms with Crippen LogP contribution in [0.15, 0.2) is 30.3 Å². The van der Waals surface area contributed by atoms with Crippen LogP contribution in [0.1, 0.15) is 97.1 Å². The standard InChI is InChI=1S/C31H43NO3/c1-19(16-28(35)32-20(2)21-8-6-5-7-9-21)24-10-11-25-29-26(13-15-31(24,25)4)30(3)14-12-23(33)17-22(30)18-27(29)34/h5-9,19-20,22,24-26,29H,10-18H2,1-4H3,(H,32,35)/t19-,20+,22+,24-,25+,26+,29+,30+,31-/m1/s1. The Morgan fingerprint density at radius 3 is 2.43 bits per heavy atom. The molecule has 4 saturated carbocycles. The predicted molar refractivity (Wildman–Crippen MR) is 137 cm³/mol. The number of nitrogens with one attached hydrogen (secondary N) is 1. The van der Waals surface area contributed by atoms with Gasteiger partial charge in [-0.2, -0.15) is 0 Å². The van der Waals surface area contributed by atoms with Gasteiger partial charge < -0.3 is 5.32 Å². The molecular formula is C31H43NO3. The second-order valence-electron chi connectivity index (χ2n) is 13.0. The molecule has 0 spiro atoms. The zero-order chi connectivity index (χ0) is 25.0. The highest BCUT2D eigenvalue weighted by Gasteiger charge is 2.63. The second kappa shape index (κ2) is 9.16. The van der Waals surface area contributed by atoms with Crippen LogP contribution in [0.3, 0.4) is 0 Å². The molecule has 1 amide bonds. The molecule has 1 aromatic rings. The first-order chi connectivity index (χ1) is 16.6. The van der Waals surface area contributed by atoms with Crippen molar-refractivity contribution in [3.63, 3.8) is 0 Å². The number of Topliss-reactive ketones (excluding diaryl/α,β-unsaturated/α-hetero) is 2. The van der Waals surface area contributed by atoms with Crippen molar-refractivity contribution in [1.82, 2.24) is 5.32 Å². The van der Waals surface area contributed by atoms with E-state index in [0.29, 0.717) is 60.9 Å². The summed E-state index contributed by atoms with van der Waals surface area (Å²) in [7, 11) is 0. The van der Waals surface area contributed by atoms with Crippen molar-refractivity contribution in [1.29, 1.82) is 0 Å². The van der Waals surface area contributed by atoms with Crippen LogP contribution in [0.5, 0.6) is 0 Å². The lowest BCUT2D eigenvalue weighted by Crippen LogP contribution is -2.57. The zero-order valence-corrected chi connectivity index (χ0v) is 22.0. The smallest absolute Gasteiger partial charge is 0.220 e. The van der Waals surface area contributed by atoms with Gasteiger partial charge in [0, 0.05) is 31.6 Å². The number of carbonyl (C=O) groups excluding carboxylic acids is 3. The summed E-state index contributed by atoms with van der Waals surface area (Å²) in [5.41, 5.74) is 1.41. The number of hydrogen-bond donors (Lipinski definition) is 1. The van der Waals surface area contributed by atoms with Gasteiger partial charge in [-0.3, -0.25) is 14.4 Å². The predicted octanol–water partition coefficient (Wildman–Crippen LogP) is 6.30. The van der Waals surface area contributed by atoms with Crippen LogP contribution in [0, 0.1) is 46.3 Å². The number of rotatable bonds is 5. The Hall–Kier alpha value is -1.97. The highest BCUT2D eigenvalue weighted by molar-refractivity contribution is 5.86. The molecule has 0 aromatic heterocycles. The summed E-state index contributed by atoms with van der Waals surface area (Å²) in [4.78, 5) is 38.7. The van der Waals surface area contributed by atoms with Gasteiger partial charge in [0.1, 0.15) is 11.6 Å². The van der Waals surface area contributed by atoms with Crippen molar-refractivity contribution >= 4 is 17.5 Å². The monoisotopic (exact) mass is 477 g/mol. The lowest BCUT2D eigenvalue weighted by Gasteiger charge is -2.59. The molecule has 4 aliphatic carbocycles. The molecule has 190 valence electrons. The number of carbonyl (C=O) groups is 3. The molecule has 35 heavy (non-hydrogen) atoms. The van der Waals surface area contributed by atoms with E-state index in [-0.39, 0.29) is 34.6 Å². The first kappa shape index (κ1) is 24.7. The molecule has 1 aromatic carbocycles. The van der Waals surface area contributed by atoms with Crippen molar-refractivity contribution in [2.75, 3.05) is 0 Å². The largest absolute Gasteiger partial charge is 0.350 e. The number of amides is 1. The summed E-state index contributed by atoms with van der Waals surface area (Å²) in [6, 6.07) is 10.1. The normalized spacial score (nSPS) is 40.3. The van der Waals surface area contributed by atoms with Gasteiger partial charge in [-0.15, -0.1) is 0 Å². The molecule has 0 unspecified atom stereocenters. The highest BCUT2D eigenvalue weighted by Crippen LogP contribution is 2.67. The first-order valence-electron chi connectivity index (χ1n) is 14.0. The van der Waals surface area contributed by atoms with Gasteiger partial charge in [-0.1, -0.05) is 51.1 Å². The Kier molecular flexibility index (Phi) is 6.47. The quantitative estimate of drug-likeness (QED) is 0.541. The lowest BCUT2D eigenvalue weighted by molar-refractivity contribution is -0.159. The summed E-state index contributed by atoms with van der Waals surface area (Å²) in [6.07, 6.45) is 7.92. The summed E-state index contributed by atoms with van der Waals surface area (Å²) >= 11 is 0. The second-order valence-corrected chi connectivity index (χ2v) is 13.0. The van der Waals surface area contributed by atoms with E-state index < -0.39 is 0 Å². The molecule has 4 aliphatic rings. The summed E-state index contributed by atoms with van der Waals surface area (Å²) in [5.74, 6) is 2.99. The third-order valence-electron chi connectivity index (χ3n) is 11.2. The van der Waals surface area contributed by atoms with E-state index in [1.54, 1.807) is 0 Å². The Balaban J connectivity index is 1.27. The van der Waals surface area contributed by atoms with Crippen molar-refractivity contribution in [2.45, 2.75) is 91.5 Å². The molecule has 4 nitrogen and oxygen atoms in total. The Labute approximate surface area is 211 Å². The Morgan fingerprint density at radius 1 is 0.971 bits per heavy atom. The maximum absolute atomic E-state index is 13.6. The van der Waals surface area contributed by atoms with E-state index in [2.05, 4.69) is 38.2 Å². The van der Waals surface area contributed by atoms with Crippen LogP contribution in [0.25, 0.3) is 0 Å². The lowest BCUT2D eigenvalue weighted by atomic mass is 9.44. The van der Waals surface area contributed by atoms with E-state index in [0.717, 1.165) is 37.7 Å². The van der Waals surface area contributed by atoms with Gasteiger partial charge in [0.2, 0.25) is 5.91 Å². The number of hydrogen-bond acceptors (Lipinski definition) is 3. The van der Waals surface area contributed by atoms with Crippen LogP contribution in [0.4, 0.5) is 0 Å². The maximum Gasteiger partial charge on any atom is 0.220 e. The maximum atomic E-state index is 13.6. The number of ketones is 2. The van der Waals surface area contributed by atoms with Gasteiger partial charge >= 0.3 is 0 Å².